The van der Waals surface area contributed by atoms with Gasteiger partial charge in [-0.1, -0.05) is 26.0 Å². The van der Waals surface area contributed by atoms with E-state index in [1.807, 2.05) is 0 Å². The minimum absolute atomic E-state index is 0.105. The number of hydrogen-bond donors (Lipinski definition) is 1. The van der Waals surface area contributed by atoms with Gasteiger partial charge in [-0.15, -0.1) is 0 Å². The monoisotopic (exact) mass is 352 g/mol. The summed E-state index contributed by atoms with van der Waals surface area (Å²) < 4.78 is 2.26. The molecule has 3 aliphatic carbocycles. The Morgan fingerprint density at radius 1 is 1.23 bits per heavy atom. The second kappa shape index (κ2) is 6.75. The molecular weight excluding hydrogens is 320 g/mol. The summed E-state index contributed by atoms with van der Waals surface area (Å²) in [7, 11) is 0. The second-order valence-electron chi connectivity index (χ2n) is 9.22. The molecule has 0 aliphatic heterocycles. The van der Waals surface area contributed by atoms with Gasteiger partial charge < -0.3 is 9.88 Å². The van der Waals surface area contributed by atoms with Crippen molar-refractivity contribution in [2.24, 2.45) is 17.3 Å². The fourth-order valence-electron chi connectivity index (χ4n) is 5.22. The summed E-state index contributed by atoms with van der Waals surface area (Å²) in [4.78, 5) is 13.1. The van der Waals surface area contributed by atoms with Crippen molar-refractivity contribution < 1.29 is 4.79 Å². The summed E-state index contributed by atoms with van der Waals surface area (Å²) >= 11 is 0. The summed E-state index contributed by atoms with van der Waals surface area (Å²) in [5, 5.41) is 4.44. The number of benzene rings is 1. The summed E-state index contributed by atoms with van der Waals surface area (Å²) in [5.74, 6) is 1.62. The Labute approximate surface area is 157 Å². The lowest BCUT2D eigenvalue weighted by atomic mass is 9.61. The van der Waals surface area contributed by atoms with Crippen LogP contribution in [0, 0.1) is 24.2 Å². The van der Waals surface area contributed by atoms with E-state index < -0.39 is 0 Å². The van der Waals surface area contributed by atoms with Gasteiger partial charge in [0.1, 0.15) is 0 Å². The zero-order chi connectivity index (χ0) is 18.3. The van der Waals surface area contributed by atoms with Crippen LogP contribution in [0.3, 0.4) is 0 Å². The molecule has 2 aromatic rings. The Hall–Kier alpha value is -1.77. The number of carbonyl (C=O) groups is 1. The Kier molecular flexibility index (Phi) is 4.58. The normalized spacial score (nSPS) is 25.2. The molecule has 1 aromatic carbocycles. The van der Waals surface area contributed by atoms with E-state index in [1.165, 1.54) is 49.6 Å². The van der Waals surface area contributed by atoms with Crippen molar-refractivity contribution >= 4 is 16.8 Å². The molecule has 26 heavy (non-hydrogen) atoms. The maximum Gasteiger partial charge on any atom is 0.253 e. The molecule has 3 nitrogen and oxygen atoms in total. The number of nitrogens with zero attached hydrogens (tertiary/aromatic N) is 1. The van der Waals surface area contributed by atoms with E-state index in [1.54, 1.807) is 0 Å². The van der Waals surface area contributed by atoms with Crippen LogP contribution in [0.2, 0.25) is 0 Å². The molecule has 3 heteroatoms. The third kappa shape index (κ3) is 3.17. The number of fused-ring (bicyclic) bond motifs is 4. The molecule has 1 aromatic heterocycles. The number of rotatable bonds is 5. The van der Waals surface area contributed by atoms with Crippen molar-refractivity contribution in [2.45, 2.75) is 65.8 Å². The van der Waals surface area contributed by atoms with Crippen molar-refractivity contribution in [1.82, 2.24) is 9.88 Å². The van der Waals surface area contributed by atoms with Gasteiger partial charge in [0, 0.05) is 30.2 Å². The van der Waals surface area contributed by atoms with E-state index >= 15 is 0 Å². The van der Waals surface area contributed by atoms with E-state index in [-0.39, 0.29) is 5.91 Å². The summed E-state index contributed by atoms with van der Waals surface area (Å²) in [5.41, 5.74) is 3.58. The number of hydrogen-bond acceptors (Lipinski definition) is 1. The van der Waals surface area contributed by atoms with Crippen LogP contribution in [0.1, 0.15) is 68.3 Å². The summed E-state index contributed by atoms with van der Waals surface area (Å²) in [6.07, 6.45) is 10.1. The number of aromatic nitrogens is 1. The number of nitrogens with one attached hydrogen (secondary N) is 1. The summed E-state index contributed by atoms with van der Waals surface area (Å²) in [6.45, 7) is 8.35. The molecule has 0 radical (unpaired) electrons. The highest BCUT2D eigenvalue weighted by atomic mass is 16.1. The van der Waals surface area contributed by atoms with E-state index in [2.05, 4.69) is 55.1 Å². The number of aryl methyl sites for hydroxylation is 1. The van der Waals surface area contributed by atoms with E-state index in [9.17, 15) is 4.79 Å². The largest absolute Gasteiger partial charge is 0.351 e. The third-order valence-electron chi connectivity index (χ3n) is 6.79. The van der Waals surface area contributed by atoms with Gasteiger partial charge in [0.15, 0.2) is 0 Å². The molecule has 3 saturated carbocycles. The maximum absolute atomic E-state index is 13.1. The molecule has 2 bridgehead atoms. The number of carbonyl (C=O) groups excluding carboxylic acids is 1. The average molecular weight is 353 g/mol. The molecule has 140 valence electrons. The standard InChI is InChI=1S/C23H32N2O/c1-16(2)13-25-14-19(21-17(3)5-4-6-20(21)25)22(26)24-15-23-10-7-18(8-11-23)9-12-23/h4-6,14,16,18H,7-13,15H2,1-3H3,(H,24,26). The first-order chi connectivity index (χ1) is 12.5. The quantitative estimate of drug-likeness (QED) is 0.778. The van der Waals surface area contributed by atoms with Gasteiger partial charge in [0.05, 0.1) is 5.56 Å². The Morgan fingerprint density at radius 3 is 2.58 bits per heavy atom. The second-order valence-corrected chi connectivity index (χ2v) is 9.22. The van der Waals surface area contributed by atoms with Crippen LogP contribution in [-0.4, -0.2) is 17.0 Å². The van der Waals surface area contributed by atoms with Gasteiger partial charge in [-0.05, 0) is 74.3 Å². The van der Waals surface area contributed by atoms with Crippen LogP contribution < -0.4 is 5.32 Å². The zero-order valence-corrected chi connectivity index (χ0v) is 16.5. The Bertz CT molecular complexity index is 795. The molecule has 1 heterocycles. The summed E-state index contributed by atoms with van der Waals surface area (Å²) in [6, 6.07) is 6.35. The molecule has 0 spiro atoms. The molecule has 1 amide bonds. The van der Waals surface area contributed by atoms with Crippen molar-refractivity contribution in [3.05, 3.63) is 35.5 Å². The first-order valence-electron chi connectivity index (χ1n) is 10.3. The molecular formula is C23H32N2O. The molecule has 3 fully saturated rings. The van der Waals surface area contributed by atoms with Gasteiger partial charge in [0.25, 0.3) is 5.91 Å². The molecule has 5 rings (SSSR count). The van der Waals surface area contributed by atoms with Gasteiger partial charge in [0.2, 0.25) is 0 Å². The molecule has 3 aliphatic rings. The lowest BCUT2D eigenvalue weighted by molar-refractivity contribution is 0.0598. The lowest BCUT2D eigenvalue weighted by Gasteiger charge is -2.46. The predicted octanol–water partition coefficient (Wildman–Crippen LogP) is 5.31. The lowest BCUT2D eigenvalue weighted by Crippen LogP contribution is -2.43. The molecule has 0 saturated heterocycles. The minimum atomic E-state index is 0.105. The smallest absolute Gasteiger partial charge is 0.253 e. The van der Waals surface area contributed by atoms with Gasteiger partial charge >= 0.3 is 0 Å². The van der Waals surface area contributed by atoms with Crippen molar-refractivity contribution in [1.29, 1.82) is 0 Å². The third-order valence-corrected chi connectivity index (χ3v) is 6.79. The first kappa shape index (κ1) is 17.6. The predicted molar refractivity (Wildman–Crippen MR) is 107 cm³/mol. The van der Waals surface area contributed by atoms with Gasteiger partial charge in [-0.2, -0.15) is 0 Å². The minimum Gasteiger partial charge on any atom is -0.351 e. The van der Waals surface area contributed by atoms with Crippen LogP contribution in [-0.2, 0) is 6.54 Å². The fraction of sp³-hybridized carbons (Fsp3) is 0.609. The van der Waals surface area contributed by atoms with Crippen LogP contribution in [0.4, 0.5) is 0 Å². The highest BCUT2D eigenvalue weighted by Crippen LogP contribution is 2.49. The van der Waals surface area contributed by atoms with Crippen molar-refractivity contribution in [2.75, 3.05) is 6.54 Å². The average Bonchev–Trinajstić information content (AvgIpc) is 3.01. The SMILES string of the molecule is Cc1cccc2c1c(C(=O)NCC13CCC(CC1)CC3)cn2CC(C)C. The van der Waals surface area contributed by atoms with Crippen molar-refractivity contribution in [3.63, 3.8) is 0 Å². The van der Waals surface area contributed by atoms with Gasteiger partial charge in [-0.3, -0.25) is 4.79 Å². The van der Waals surface area contributed by atoms with Crippen LogP contribution in [0.25, 0.3) is 10.9 Å². The van der Waals surface area contributed by atoms with Gasteiger partial charge in [-0.25, -0.2) is 0 Å². The van der Waals surface area contributed by atoms with Crippen LogP contribution in [0.15, 0.2) is 24.4 Å². The molecule has 0 atom stereocenters. The molecule has 0 unspecified atom stereocenters. The van der Waals surface area contributed by atoms with E-state index in [0.29, 0.717) is 11.3 Å². The first-order valence-corrected chi connectivity index (χ1v) is 10.3. The fourth-order valence-corrected chi connectivity index (χ4v) is 5.22. The Morgan fingerprint density at radius 2 is 1.92 bits per heavy atom. The van der Waals surface area contributed by atoms with Crippen molar-refractivity contribution in [3.8, 4) is 0 Å². The Balaban J connectivity index is 1.58. The number of amides is 1. The molecule has 1 N–H and O–H groups in total. The van der Waals surface area contributed by atoms with E-state index in [4.69, 9.17) is 0 Å². The maximum atomic E-state index is 13.1. The zero-order valence-electron chi connectivity index (χ0n) is 16.5. The van der Waals surface area contributed by atoms with Crippen LogP contribution in [0.5, 0.6) is 0 Å². The van der Waals surface area contributed by atoms with Crippen LogP contribution >= 0.6 is 0 Å². The highest BCUT2D eigenvalue weighted by molar-refractivity contribution is 6.08. The van der Waals surface area contributed by atoms with E-state index in [0.717, 1.165) is 30.0 Å². The highest BCUT2D eigenvalue weighted by Gasteiger charge is 2.40. The topological polar surface area (TPSA) is 34.0 Å².